The molecule has 8 bridgehead atoms. The lowest BCUT2D eigenvalue weighted by Gasteiger charge is -2.14. The second kappa shape index (κ2) is 9.37. The number of H-pyrrole nitrogens is 1. The number of nitrogens with one attached hydrogen (secondary N) is 1. The van der Waals surface area contributed by atoms with Gasteiger partial charge in [0.1, 0.15) is 0 Å². The lowest BCUT2D eigenvalue weighted by atomic mass is 9.97. The molecule has 0 atom stereocenters. The predicted molar refractivity (Wildman–Crippen MR) is 178 cm³/mol. The average molecular weight is 548 g/mol. The number of hydrogen-bond acceptors (Lipinski definition) is 2. The van der Waals surface area contributed by atoms with Crippen molar-refractivity contribution >= 4 is 21.8 Å². The van der Waals surface area contributed by atoms with E-state index in [2.05, 4.69) is 151 Å². The number of hydrogen-bond donors (Lipinski definition) is 1. The molecule has 0 radical (unpaired) electrons. The molecule has 0 aliphatic carbocycles. The van der Waals surface area contributed by atoms with Crippen LogP contribution in [0.4, 0.5) is 0 Å². The van der Waals surface area contributed by atoms with E-state index in [-0.39, 0.29) is 0 Å². The van der Waals surface area contributed by atoms with Crippen molar-refractivity contribution in [1.29, 1.82) is 0 Å². The fraction of sp³-hybridized carbons (Fsp3) is 0. The maximum atomic E-state index is 5.32. The SMILES string of the molecule is c1ccc(-c2cc3nc(c2)-c2cc(-c4ccccc4)cc(n2)-c2cccc4c2[nH]c2c(cccc24)-c2cccc-3c2)cc1. The Kier molecular flexibility index (Phi) is 5.20. The summed E-state index contributed by atoms with van der Waals surface area (Å²) in [7, 11) is 0. The van der Waals surface area contributed by atoms with E-state index in [1.807, 2.05) is 0 Å². The highest BCUT2D eigenvalue weighted by atomic mass is 14.8. The second-order valence-electron chi connectivity index (χ2n) is 11.1. The Hall–Kier alpha value is -5.80. The Morgan fingerprint density at radius 2 is 0.814 bits per heavy atom. The summed E-state index contributed by atoms with van der Waals surface area (Å²) in [4.78, 5) is 14.4. The number of fused-ring (bicyclic) bond motifs is 11. The zero-order chi connectivity index (χ0) is 28.3. The molecule has 0 spiro atoms. The minimum absolute atomic E-state index is 0.845. The number of nitrogens with zero attached hydrogens (tertiary/aromatic N) is 2. The van der Waals surface area contributed by atoms with E-state index < -0.39 is 0 Å². The molecule has 3 heteroatoms. The van der Waals surface area contributed by atoms with Crippen LogP contribution in [-0.2, 0) is 0 Å². The summed E-state index contributed by atoms with van der Waals surface area (Å²) >= 11 is 0. The van der Waals surface area contributed by atoms with Gasteiger partial charge in [0.15, 0.2) is 0 Å². The fourth-order valence-electron chi connectivity index (χ4n) is 6.45. The summed E-state index contributed by atoms with van der Waals surface area (Å²) in [5.74, 6) is 0. The lowest BCUT2D eigenvalue weighted by Crippen LogP contribution is -1.96. The van der Waals surface area contributed by atoms with Crippen LogP contribution in [0.1, 0.15) is 0 Å². The van der Waals surface area contributed by atoms with Crippen molar-refractivity contribution in [2.24, 2.45) is 0 Å². The monoisotopic (exact) mass is 547 g/mol. The van der Waals surface area contributed by atoms with Crippen LogP contribution in [0, 0.1) is 0 Å². The van der Waals surface area contributed by atoms with Gasteiger partial charge in [-0.3, -0.25) is 0 Å². The fourth-order valence-corrected chi connectivity index (χ4v) is 6.45. The molecule has 3 nitrogen and oxygen atoms in total. The van der Waals surface area contributed by atoms with Crippen LogP contribution >= 0.6 is 0 Å². The molecule has 1 aliphatic heterocycles. The molecule has 1 aliphatic rings. The van der Waals surface area contributed by atoms with Crippen molar-refractivity contribution in [3.63, 3.8) is 0 Å². The average Bonchev–Trinajstić information content (AvgIpc) is 3.48. The minimum atomic E-state index is 0.845. The molecule has 3 aromatic heterocycles. The molecule has 0 saturated carbocycles. The van der Waals surface area contributed by atoms with Crippen LogP contribution in [0.25, 0.3) is 89.1 Å². The van der Waals surface area contributed by atoms with Crippen LogP contribution in [0.3, 0.4) is 0 Å². The summed E-state index contributed by atoms with van der Waals surface area (Å²) < 4.78 is 0. The third kappa shape index (κ3) is 3.90. The number of aromatic amines is 1. The molecule has 0 fully saturated rings. The molecule has 1 N–H and O–H groups in total. The normalized spacial score (nSPS) is 11.7. The van der Waals surface area contributed by atoms with Gasteiger partial charge in [0.05, 0.1) is 33.8 Å². The maximum Gasteiger partial charge on any atom is 0.0900 e. The Morgan fingerprint density at radius 1 is 0.326 bits per heavy atom. The molecular formula is C40H25N3. The number of aromatic nitrogens is 3. The quantitative estimate of drug-likeness (QED) is 0.234. The van der Waals surface area contributed by atoms with Crippen LogP contribution in [-0.4, -0.2) is 15.0 Å². The topological polar surface area (TPSA) is 41.6 Å². The van der Waals surface area contributed by atoms with Gasteiger partial charge in [-0.15, -0.1) is 0 Å². The number of pyridine rings is 2. The standard InChI is InChI=1S/C40H25N3/c1-3-10-25(11-4-1)29-21-35-28-15-7-14-27(20-28)31-16-8-17-32-33-18-9-19-34(40(33)43-39(31)32)36-22-30(26-12-5-2-6-13-26)24-38(42-36)37(23-29)41-35/h1-24,43H. The Morgan fingerprint density at radius 3 is 1.49 bits per heavy atom. The zero-order valence-corrected chi connectivity index (χ0v) is 23.3. The first-order valence-corrected chi connectivity index (χ1v) is 14.6. The molecule has 0 amide bonds. The highest BCUT2D eigenvalue weighted by molar-refractivity contribution is 6.15. The van der Waals surface area contributed by atoms with E-state index in [4.69, 9.17) is 9.97 Å². The molecule has 5 aromatic carbocycles. The molecule has 9 rings (SSSR count). The third-order valence-electron chi connectivity index (χ3n) is 8.54. The highest BCUT2D eigenvalue weighted by Gasteiger charge is 2.18. The molecule has 200 valence electrons. The number of para-hydroxylation sites is 2. The summed E-state index contributed by atoms with van der Waals surface area (Å²) in [5.41, 5.74) is 14.7. The summed E-state index contributed by atoms with van der Waals surface area (Å²) in [5, 5.41) is 2.40. The van der Waals surface area contributed by atoms with Crippen LogP contribution in [0.5, 0.6) is 0 Å². The molecule has 43 heavy (non-hydrogen) atoms. The molecule has 0 saturated heterocycles. The van der Waals surface area contributed by atoms with E-state index in [0.717, 1.165) is 72.8 Å². The van der Waals surface area contributed by atoms with Gasteiger partial charge >= 0.3 is 0 Å². The number of benzene rings is 5. The highest BCUT2D eigenvalue weighted by Crippen LogP contribution is 2.40. The summed E-state index contributed by atoms with van der Waals surface area (Å²) in [6.07, 6.45) is 0. The Bertz CT molecular complexity index is 2330. The van der Waals surface area contributed by atoms with Gasteiger partial charge in [-0.25, -0.2) is 9.97 Å². The summed E-state index contributed by atoms with van der Waals surface area (Å²) in [6, 6.07) is 51.6. The van der Waals surface area contributed by atoms with Crippen molar-refractivity contribution in [3.05, 3.63) is 146 Å². The first-order chi connectivity index (χ1) is 21.3. The van der Waals surface area contributed by atoms with E-state index in [9.17, 15) is 0 Å². The van der Waals surface area contributed by atoms with Gasteiger partial charge in [-0.1, -0.05) is 115 Å². The van der Waals surface area contributed by atoms with Crippen molar-refractivity contribution in [2.75, 3.05) is 0 Å². The second-order valence-corrected chi connectivity index (χ2v) is 11.1. The van der Waals surface area contributed by atoms with Crippen molar-refractivity contribution in [3.8, 4) is 67.3 Å². The minimum Gasteiger partial charge on any atom is -0.353 e. The van der Waals surface area contributed by atoms with Gasteiger partial charge < -0.3 is 4.98 Å². The van der Waals surface area contributed by atoms with Gasteiger partial charge in [0.25, 0.3) is 0 Å². The van der Waals surface area contributed by atoms with Crippen molar-refractivity contribution in [1.82, 2.24) is 15.0 Å². The van der Waals surface area contributed by atoms with Crippen LogP contribution in [0.2, 0.25) is 0 Å². The van der Waals surface area contributed by atoms with Gasteiger partial charge in [-0.2, -0.15) is 0 Å². The Balaban J connectivity index is 1.44. The van der Waals surface area contributed by atoms with Gasteiger partial charge in [0.2, 0.25) is 0 Å². The van der Waals surface area contributed by atoms with E-state index in [1.165, 1.54) is 16.3 Å². The smallest absolute Gasteiger partial charge is 0.0900 e. The molecule has 0 unspecified atom stereocenters. The zero-order valence-electron chi connectivity index (χ0n) is 23.3. The first-order valence-electron chi connectivity index (χ1n) is 14.6. The van der Waals surface area contributed by atoms with Crippen LogP contribution in [0.15, 0.2) is 146 Å². The predicted octanol–water partition coefficient (Wildman–Crippen LogP) is 10.4. The number of rotatable bonds is 2. The van der Waals surface area contributed by atoms with Crippen molar-refractivity contribution in [2.45, 2.75) is 0 Å². The van der Waals surface area contributed by atoms with Crippen LogP contribution < -0.4 is 0 Å². The first kappa shape index (κ1) is 23.9. The summed E-state index contributed by atoms with van der Waals surface area (Å²) in [6.45, 7) is 0. The third-order valence-corrected chi connectivity index (χ3v) is 8.54. The largest absolute Gasteiger partial charge is 0.353 e. The van der Waals surface area contributed by atoms with Gasteiger partial charge in [-0.05, 0) is 58.1 Å². The van der Waals surface area contributed by atoms with Gasteiger partial charge in [0, 0.05) is 27.5 Å². The maximum absolute atomic E-state index is 5.32. The van der Waals surface area contributed by atoms with E-state index in [1.54, 1.807) is 0 Å². The Labute approximate surface area is 249 Å². The lowest BCUT2D eigenvalue weighted by molar-refractivity contribution is 1.25. The van der Waals surface area contributed by atoms with Crippen molar-refractivity contribution < 1.29 is 0 Å². The molecule has 8 aromatic rings. The molecule has 4 heterocycles. The molecular weight excluding hydrogens is 522 g/mol. The van der Waals surface area contributed by atoms with E-state index >= 15 is 0 Å². The van der Waals surface area contributed by atoms with E-state index in [0.29, 0.717) is 0 Å².